The number of anilines is 1. The highest BCUT2D eigenvalue weighted by Crippen LogP contribution is 2.24. The van der Waals surface area contributed by atoms with Crippen LogP contribution in [0.3, 0.4) is 0 Å². The largest absolute Gasteiger partial charge is 0.462 e. The van der Waals surface area contributed by atoms with Gasteiger partial charge in [-0.05, 0) is 18.4 Å². The van der Waals surface area contributed by atoms with Gasteiger partial charge in [-0.2, -0.15) is 0 Å². The third-order valence-corrected chi connectivity index (χ3v) is 5.05. The van der Waals surface area contributed by atoms with E-state index in [9.17, 15) is 14.4 Å². The topological polar surface area (TPSA) is 105 Å². The Bertz CT molecular complexity index is 834. The van der Waals surface area contributed by atoms with Gasteiger partial charge in [-0.1, -0.05) is 0 Å². The highest BCUT2D eigenvalue weighted by molar-refractivity contribution is 7.14. The van der Waals surface area contributed by atoms with Gasteiger partial charge in [0.15, 0.2) is 0 Å². The summed E-state index contributed by atoms with van der Waals surface area (Å²) in [7, 11) is 0. The van der Waals surface area contributed by atoms with Crippen LogP contribution >= 0.6 is 11.3 Å². The van der Waals surface area contributed by atoms with E-state index in [1.54, 1.807) is 23.3 Å². The molecule has 2 amide bonds. The van der Waals surface area contributed by atoms with Crippen LogP contribution in [0.2, 0.25) is 0 Å². The van der Waals surface area contributed by atoms with Gasteiger partial charge in [-0.3, -0.25) is 19.5 Å². The van der Waals surface area contributed by atoms with Crippen LogP contribution in [0.1, 0.15) is 27.8 Å². The number of aromatic nitrogens is 2. The number of ether oxygens (including phenoxy) is 1. The fourth-order valence-electron chi connectivity index (χ4n) is 2.83. The van der Waals surface area contributed by atoms with Crippen LogP contribution in [-0.4, -0.2) is 76.9 Å². The van der Waals surface area contributed by atoms with Gasteiger partial charge in [-0.15, -0.1) is 11.3 Å². The summed E-state index contributed by atoms with van der Waals surface area (Å²) in [4.78, 5) is 48.2. The van der Waals surface area contributed by atoms with Crippen molar-refractivity contribution >= 4 is 34.1 Å². The molecule has 10 heteroatoms. The Morgan fingerprint density at radius 2 is 2.00 bits per heavy atom. The highest BCUT2D eigenvalue weighted by atomic mass is 32.1. The highest BCUT2D eigenvalue weighted by Gasteiger charge is 2.24. The summed E-state index contributed by atoms with van der Waals surface area (Å²) in [5.74, 6) is -0.813. The van der Waals surface area contributed by atoms with E-state index in [1.165, 1.54) is 29.9 Å². The fraction of sp³-hybridized carbons (Fsp3) is 0.389. The average molecular weight is 403 g/mol. The second-order valence-corrected chi connectivity index (χ2v) is 7.01. The number of thiophene rings is 1. The quantitative estimate of drug-likeness (QED) is 0.721. The molecule has 0 unspecified atom stereocenters. The molecule has 1 aliphatic rings. The Morgan fingerprint density at radius 3 is 2.68 bits per heavy atom. The Hall–Kier alpha value is -2.85. The van der Waals surface area contributed by atoms with E-state index in [1.807, 2.05) is 4.90 Å². The Morgan fingerprint density at radius 1 is 1.21 bits per heavy atom. The predicted octanol–water partition coefficient (Wildman–Crippen LogP) is 1.11. The number of rotatable bonds is 6. The molecule has 3 heterocycles. The van der Waals surface area contributed by atoms with E-state index in [-0.39, 0.29) is 25.0 Å². The van der Waals surface area contributed by atoms with Crippen molar-refractivity contribution in [3.8, 4) is 0 Å². The van der Waals surface area contributed by atoms with Gasteiger partial charge in [-0.25, -0.2) is 9.78 Å². The summed E-state index contributed by atoms with van der Waals surface area (Å²) in [6.45, 7) is 4.37. The number of piperazine rings is 1. The van der Waals surface area contributed by atoms with Gasteiger partial charge >= 0.3 is 5.97 Å². The SMILES string of the molecule is CCOC(=O)c1ccsc1NC(=O)CN1CCN(C(=O)c2cnccn2)CC1. The van der Waals surface area contributed by atoms with Crippen LogP contribution in [0, 0.1) is 0 Å². The number of nitrogens with one attached hydrogen (secondary N) is 1. The van der Waals surface area contributed by atoms with E-state index in [0.717, 1.165) is 0 Å². The molecule has 3 rings (SSSR count). The monoisotopic (exact) mass is 403 g/mol. The van der Waals surface area contributed by atoms with Gasteiger partial charge in [0.05, 0.1) is 24.9 Å². The minimum Gasteiger partial charge on any atom is -0.462 e. The molecule has 1 saturated heterocycles. The zero-order chi connectivity index (χ0) is 19.9. The van der Waals surface area contributed by atoms with Crippen molar-refractivity contribution in [3.05, 3.63) is 41.3 Å². The molecule has 0 radical (unpaired) electrons. The minimum absolute atomic E-state index is 0.158. The number of carbonyl (C=O) groups is 3. The van der Waals surface area contributed by atoms with Gasteiger partial charge in [0.2, 0.25) is 5.91 Å². The lowest BCUT2D eigenvalue weighted by Crippen LogP contribution is -2.50. The molecule has 1 aliphatic heterocycles. The second-order valence-electron chi connectivity index (χ2n) is 6.09. The summed E-state index contributed by atoms with van der Waals surface area (Å²) in [5, 5.41) is 5.00. The minimum atomic E-state index is -0.449. The second kappa shape index (κ2) is 9.38. The summed E-state index contributed by atoms with van der Waals surface area (Å²) >= 11 is 1.28. The van der Waals surface area contributed by atoms with Crippen LogP contribution in [0.5, 0.6) is 0 Å². The van der Waals surface area contributed by atoms with Crippen LogP contribution < -0.4 is 5.32 Å². The molecule has 2 aromatic heterocycles. The maximum Gasteiger partial charge on any atom is 0.341 e. The first-order valence-corrected chi connectivity index (χ1v) is 9.78. The van der Waals surface area contributed by atoms with Crippen LogP contribution in [0.15, 0.2) is 30.0 Å². The average Bonchev–Trinajstić information content (AvgIpc) is 3.17. The fourth-order valence-corrected chi connectivity index (χ4v) is 3.62. The van der Waals surface area contributed by atoms with E-state index in [4.69, 9.17) is 4.74 Å². The van der Waals surface area contributed by atoms with Gasteiger partial charge in [0, 0.05) is 38.6 Å². The van der Waals surface area contributed by atoms with Gasteiger partial charge < -0.3 is 15.0 Å². The number of nitrogens with zero attached hydrogens (tertiary/aromatic N) is 4. The standard InChI is InChI=1S/C18H21N5O4S/c1-2-27-18(26)13-3-10-28-16(13)21-15(24)12-22-6-8-23(9-7-22)17(25)14-11-19-4-5-20-14/h3-5,10-11H,2,6-9,12H2,1H3,(H,21,24). The van der Waals surface area contributed by atoms with Crippen molar-refractivity contribution < 1.29 is 19.1 Å². The molecule has 0 saturated carbocycles. The molecule has 2 aromatic rings. The number of esters is 1. The molecular weight excluding hydrogens is 382 g/mol. The van der Waals surface area contributed by atoms with E-state index in [2.05, 4.69) is 15.3 Å². The van der Waals surface area contributed by atoms with E-state index >= 15 is 0 Å². The first-order valence-electron chi connectivity index (χ1n) is 8.90. The molecule has 148 valence electrons. The first-order chi connectivity index (χ1) is 13.6. The zero-order valence-corrected chi connectivity index (χ0v) is 16.3. The zero-order valence-electron chi connectivity index (χ0n) is 15.5. The van der Waals surface area contributed by atoms with Crippen molar-refractivity contribution in [3.63, 3.8) is 0 Å². The van der Waals surface area contributed by atoms with E-state index in [0.29, 0.717) is 42.4 Å². The maximum atomic E-state index is 12.4. The summed E-state index contributed by atoms with van der Waals surface area (Å²) in [5.41, 5.74) is 0.678. The lowest BCUT2D eigenvalue weighted by Gasteiger charge is -2.34. The number of hydrogen-bond donors (Lipinski definition) is 1. The molecule has 0 aliphatic carbocycles. The smallest absolute Gasteiger partial charge is 0.341 e. The number of amides is 2. The normalized spacial score (nSPS) is 14.5. The number of carbonyl (C=O) groups excluding carboxylic acids is 3. The molecule has 0 atom stereocenters. The molecule has 0 aromatic carbocycles. The molecule has 9 nitrogen and oxygen atoms in total. The van der Waals surface area contributed by atoms with Crippen molar-refractivity contribution in [2.24, 2.45) is 0 Å². The molecule has 1 N–H and O–H groups in total. The first kappa shape index (κ1) is 19.9. The third kappa shape index (κ3) is 4.90. The van der Waals surface area contributed by atoms with Crippen LogP contribution in [-0.2, 0) is 9.53 Å². The van der Waals surface area contributed by atoms with Crippen LogP contribution in [0.25, 0.3) is 0 Å². The molecule has 28 heavy (non-hydrogen) atoms. The van der Waals surface area contributed by atoms with Crippen LogP contribution in [0.4, 0.5) is 5.00 Å². The maximum absolute atomic E-state index is 12.4. The summed E-state index contributed by atoms with van der Waals surface area (Å²) < 4.78 is 4.99. The van der Waals surface area contributed by atoms with Crippen molar-refractivity contribution in [2.75, 3.05) is 44.6 Å². The Labute approximate surface area is 166 Å². The third-order valence-electron chi connectivity index (χ3n) is 4.22. The van der Waals surface area contributed by atoms with Gasteiger partial charge in [0.25, 0.3) is 5.91 Å². The van der Waals surface area contributed by atoms with Gasteiger partial charge in [0.1, 0.15) is 10.7 Å². The molecule has 0 bridgehead atoms. The molecule has 0 spiro atoms. The predicted molar refractivity (Wildman–Crippen MR) is 103 cm³/mol. The summed E-state index contributed by atoms with van der Waals surface area (Å²) in [6.07, 6.45) is 4.46. The Balaban J connectivity index is 1.49. The lowest BCUT2D eigenvalue weighted by molar-refractivity contribution is -0.117. The summed E-state index contributed by atoms with van der Waals surface area (Å²) in [6, 6.07) is 1.63. The lowest BCUT2D eigenvalue weighted by atomic mass is 10.2. The van der Waals surface area contributed by atoms with Crippen molar-refractivity contribution in [1.82, 2.24) is 19.8 Å². The molecular formula is C18H21N5O4S. The van der Waals surface area contributed by atoms with E-state index < -0.39 is 5.97 Å². The number of hydrogen-bond acceptors (Lipinski definition) is 8. The molecule has 1 fully saturated rings. The Kier molecular flexibility index (Phi) is 6.66. The van der Waals surface area contributed by atoms with Crippen molar-refractivity contribution in [2.45, 2.75) is 6.92 Å². The van der Waals surface area contributed by atoms with Crippen molar-refractivity contribution in [1.29, 1.82) is 0 Å².